The van der Waals surface area contributed by atoms with Crippen molar-refractivity contribution in [1.82, 2.24) is 9.55 Å². The van der Waals surface area contributed by atoms with Crippen LogP contribution in [0.15, 0.2) is 15.8 Å². The van der Waals surface area contributed by atoms with Crippen LogP contribution in [0.25, 0.3) is 0 Å². The maximum atomic E-state index is 11.7. The number of aliphatic hydroxyl groups is 2. The first-order valence-corrected chi connectivity index (χ1v) is 9.58. The SMILES string of the molecule is CCCCO.Cc1cn([C@H]2C[C@H](O)[C@@H](COP(=O)(O)O)O2)c(=O)[nH]c1=O. The van der Waals surface area contributed by atoms with E-state index in [4.69, 9.17) is 19.6 Å². The fourth-order valence-corrected chi connectivity index (χ4v) is 2.51. The van der Waals surface area contributed by atoms with Gasteiger partial charge in [-0.1, -0.05) is 13.3 Å². The summed E-state index contributed by atoms with van der Waals surface area (Å²) in [6.45, 7) is 3.39. The molecule has 1 aromatic heterocycles. The number of aromatic nitrogens is 2. The van der Waals surface area contributed by atoms with E-state index in [1.807, 2.05) is 0 Å². The minimum absolute atomic E-state index is 0.0283. The van der Waals surface area contributed by atoms with Crippen LogP contribution in [0, 0.1) is 6.92 Å². The molecule has 0 spiro atoms. The Bertz CT molecular complexity index is 724. The van der Waals surface area contributed by atoms with E-state index in [2.05, 4.69) is 16.4 Å². The van der Waals surface area contributed by atoms with Gasteiger partial charge in [-0.05, 0) is 13.3 Å². The van der Waals surface area contributed by atoms with E-state index < -0.39 is 44.1 Å². The first-order chi connectivity index (χ1) is 12.1. The highest BCUT2D eigenvalue weighted by molar-refractivity contribution is 7.46. The van der Waals surface area contributed by atoms with E-state index in [0.29, 0.717) is 12.2 Å². The van der Waals surface area contributed by atoms with E-state index in [0.717, 1.165) is 17.4 Å². The van der Waals surface area contributed by atoms with Crippen LogP contribution in [0.5, 0.6) is 0 Å². The van der Waals surface area contributed by atoms with Crippen LogP contribution >= 0.6 is 7.82 Å². The third-order valence-corrected chi connectivity index (χ3v) is 4.06. The highest BCUT2D eigenvalue weighted by Gasteiger charge is 2.37. The van der Waals surface area contributed by atoms with Crippen LogP contribution in [0.2, 0.25) is 0 Å². The fourth-order valence-electron chi connectivity index (χ4n) is 2.16. The van der Waals surface area contributed by atoms with Crippen molar-refractivity contribution >= 4 is 7.82 Å². The fraction of sp³-hybridized carbons (Fsp3) is 0.714. The summed E-state index contributed by atoms with van der Waals surface area (Å²) in [5.41, 5.74) is -0.918. The minimum atomic E-state index is -4.67. The number of aliphatic hydroxyl groups excluding tert-OH is 2. The Morgan fingerprint density at radius 1 is 1.42 bits per heavy atom. The second-order valence-electron chi connectivity index (χ2n) is 5.77. The zero-order chi connectivity index (χ0) is 19.9. The Balaban J connectivity index is 0.000000597. The number of aryl methyl sites for hydroxylation is 1. The van der Waals surface area contributed by atoms with Gasteiger partial charge >= 0.3 is 13.5 Å². The van der Waals surface area contributed by atoms with Gasteiger partial charge in [0.1, 0.15) is 12.3 Å². The second-order valence-corrected chi connectivity index (χ2v) is 7.01. The van der Waals surface area contributed by atoms with E-state index in [9.17, 15) is 19.3 Å². The molecule has 150 valence electrons. The molecule has 1 aromatic rings. The molecule has 2 rings (SSSR count). The molecule has 1 fully saturated rings. The van der Waals surface area contributed by atoms with Crippen LogP contribution in [-0.4, -0.2) is 55.0 Å². The predicted octanol–water partition coefficient (Wildman–Crippen LogP) is -0.618. The summed E-state index contributed by atoms with van der Waals surface area (Å²) >= 11 is 0. The van der Waals surface area contributed by atoms with Gasteiger partial charge in [-0.25, -0.2) is 9.36 Å². The average molecular weight is 396 g/mol. The number of hydrogen-bond acceptors (Lipinski definition) is 7. The molecular weight excluding hydrogens is 371 g/mol. The van der Waals surface area contributed by atoms with Crippen molar-refractivity contribution < 1.29 is 33.8 Å². The molecule has 0 bridgehead atoms. The zero-order valence-electron chi connectivity index (χ0n) is 14.6. The number of hydrogen-bond donors (Lipinski definition) is 5. The molecule has 11 nitrogen and oxygen atoms in total. The largest absolute Gasteiger partial charge is 0.469 e. The van der Waals surface area contributed by atoms with Crippen molar-refractivity contribution in [3.05, 3.63) is 32.6 Å². The van der Waals surface area contributed by atoms with Crippen molar-refractivity contribution in [2.45, 2.75) is 51.5 Å². The van der Waals surface area contributed by atoms with Gasteiger partial charge in [-0.2, -0.15) is 0 Å². The summed E-state index contributed by atoms with van der Waals surface area (Å²) in [6, 6.07) is 0. The number of unbranched alkanes of at least 4 members (excludes halogenated alkanes) is 1. The third-order valence-electron chi connectivity index (χ3n) is 3.58. The monoisotopic (exact) mass is 396 g/mol. The van der Waals surface area contributed by atoms with E-state index in [1.165, 1.54) is 13.1 Å². The third kappa shape index (κ3) is 7.12. The number of nitrogens with one attached hydrogen (secondary N) is 1. The van der Waals surface area contributed by atoms with Crippen LogP contribution in [0.4, 0.5) is 0 Å². The number of rotatable bonds is 6. The van der Waals surface area contributed by atoms with Gasteiger partial charge in [0.15, 0.2) is 0 Å². The van der Waals surface area contributed by atoms with Crippen LogP contribution in [0.3, 0.4) is 0 Å². The minimum Gasteiger partial charge on any atom is -0.396 e. The summed E-state index contributed by atoms with van der Waals surface area (Å²) in [5.74, 6) is 0. The molecule has 0 aliphatic carbocycles. The topological polar surface area (TPSA) is 171 Å². The lowest BCUT2D eigenvalue weighted by Crippen LogP contribution is -2.33. The Hall–Kier alpha value is -1.33. The molecule has 0 amide bonds. The quantitative estimate of drug-likeness (QED) is 0.393. The highest BCUT2D eigenvalue weighted by Crippen LogP contribution is 2.38. The summed E-state index contributed by atoms with van der Waals surface area (Å²) in [6.07, 6.45) is 0.470. The van der Waals surface area contributed by atoms with Crippen molar-refractivity contribution in [1.29, 1.82) is 0 Å². The Morgan fingerprint density at radius 2 is 2.08 bits per heavy atom. The van der Waals surface area contributed by atoms with E-state index in [-0.39, 0.29) is 6.42 Å². The number of H-pyrrole nitrogens is 1. The summed E-state index contributed by atoms with van der Waals surface area (Å²) in [5, 5.41) is 17.9. The first kappa shape index (κ1) is 22.7. The summed E-state index contributed by atoms with van der Waals surface area (Å²) < 4.78 is 21.4. The number of phosphoric acid groups is 1. The summed E-state index contributed by atoms with van der Waals surface area (Å²) in [7, 11) is -4.67. The number of aromatic amines is 1. The molecule has 1 aliphatic rings. The second kappa shape index (κ2) is 10.1. The van der Waals surface area contributed by atoms with Crippen LogP contribution in [0.1, 0.15) is 38.0 Å². The number of phosphoric ester groups is 1. The van der Waals surface area contributed by atoms with E-state index in [1.54, 1.807) is 0 Å². The maximum absolute atomic E-state index is 11.7. The first-order valence-electron chi connectivity index (χ1n) is 8.05. The molecule has 2 heterocycles. The number of nitrogens with zero attached hydrogens (tertiary/aromatic N) is 1. The standard InChI is InChI=1S/C10H15N2O8P.C4H10O/c1-5-3-12(10(15)11-9(5)14)8-2-6(13)7(20-8)4-19-21(16,17)18;1-2-3-4-5/h3,6-8,13H,2,4H2,1H3,(H,11,14,15)(H2,16,17,18);5H,2-4H2,1H3/t6-,7+,8+;/m0./s1. The Labute approximate surface area is 149 Å². The molecule has 1 saturated heterocycles. The van der Waals surface area contributed by atoms with Gasteiger partial charge in [-0.15, -0.1) is 0 Å². The lowest BCUT2D eigenvalue weighted by Gasteiger charge is -2.16. The molecule has 0 saturated carbocycles. The molecule has 3 atom stereocenters. The molecule has 0 aromatic carbocycles. The number of ether oxygens (including phenoxy) is 1. The smallest absolute Gasteiger partial charge is 0.396 e. The van der Waals surface area contributed by atoms with Crippen molar-refractivity contribution in [2.75, 3.05) is 13.2 Å². The molecule has 0 unspecified atom stereocenters. The summed E-state index contributed by atoms with van der Waals surface area (Å²) in [4.78, 5) is 42.3. The van der Waals surface area contributed by atoms with Gasteiger partial charge in [-0.3, -0.25) is 18.9 Å². The predicted molar refractivity (Wildman–Crippen MR) is 90.6 cm³/mol. The van der Waals surface area contributed by atoms with E-state index >= 15 is 0 Å². The molecular formula is C14H25N2O9P. The van der Waals surface area contributed by atoms with Crippen molar-refractivity contribution in [3.8, 4) is 0 Å². The Morgan fingerprint density at radius 3 is 2.58 bits per heavy atom. The Kier molecular flexibility index (Phi) is 8.84. The molecule has 26 heavy (non-hydrogen) atoms. The van der Waals surface area contributed by atoms with Crippen LogP contribution in [-0.2, 0) is 13.8 Å². The van der Waals surface area contributed by atoms with Gasteiger partial charge < -0.3 is 24.7 Å². The molecule has 0 radical (unpaired) electrons. The van der Waals surface area contributed by atoms with Gasteiger partial charge in [0, 0.05) is 24.8 Å². The normalized spacial score (nSPS) is 22.8. The van der Waals surface area contributed by atoms with Crippen LogP contribution < -0.4 is 11.2 Å². The van der Waals surface area contributed by atoms with Gasteiger partial charge in [0.05, 0.1) is 12.7 Å². The molecule has 5 N–H and O–H groups in total. The van der Waals surface area contributed by atoms with Crippen molar-refractivity contribution in [3.63, 3.8) is 0 Å². The zero-order valence-corrected chi connectivity index (χ0v) is 15.5. The lowest BCUT2D eigenvalue weighted by atomic mass is 10.2. The van der Waals surface area contributed by atoms with Gasteiger partial charge in [0.2, 0.25) is 0 Å². The van der Waals surface area contributed by atoms with Gasteiger partial charge in [0.25, 0.3) is 5.56 Å². The molecule has 1 aliphatic heterocycles. The highest BCUT2D eigenvalue weighted by atomic mass is 31.2. The average Bonchev–Trinajstić information content (AvgIpc) is 2.90. The lowest BCUT2D eigenvalue weighted by molar-refractivity contribution is -0.0451. The maximum Gasteiger partial charge on any atom is 0.469 e. The molecule has 12 heteroatoms. The van der Waals surface area contributed by atoms with Crippen molar-refractivity contribution in [2.24, 2.45) is 0 Å².